The zero-order chi connectivity index (χ0) is 22.8. The van der Waals surface area contributed by atoms with E-state index in [2.05, 4.69) is 5.32 Å². The molecule has 0 unspecified atom stereocenters. The third-order valence-electron chi connectivity index (χ3n) is 7.14. The van der Waals surface area contributed by atoms with Crippen LogP contribution in [0.3, 0.4) is 0 Å². The maximum Gasteiger partial charge on any atom is 0.271 e. The molecule has 1 N–H and O–H groups in total. The van der Waals surface area contributed by atoms with Crippen LogP contribution in [0.4, 0.5) is 0 Å². The first-order valence-corrected chi connectivity index (χ1v) is 12.0. The molecule has 2 aliphatic rings. The van der Waals surface area contributed by atoms with Gasteiger partial charge in [-0.15, -0.1) is 0 Å². The van der Waals surface area contributed by atoms with Crippen LogP contribution in [0.2, 0.25) is 0 Å². The van der Waals surface area contributed by atoms with E-state index in [9.17, 15) is 9.59 Å². The standard InChI is InChI=1S/C27H31N3O3/c1-27(26(32)28-21-12-7-2-3-8-13-21)19-29-22(24-14-9-17-33-24)15-16-23(29)25(31)30(27)18-20-10-5-4-6-11-20/h4-6,9-11,14-17,21H,2-3,7-8,12-13,18-19H2,1H3,(H,28,32)/t27-/m1/s1. The summed E-state index contributed by atoms with van der Waals surface area (Å²) in [6.07, 6.45) is 8.35. The molecule has 1 aliphatic heterocycles. The lowest BCUT2D eigenvalue weighted by atomic mass is 9.92. The lowest BCUT2D eigenvalue weighted by Gasteiger charge is -2.45. The summed E-state index contributed by atoms with van der Waals surface area (Å²) in [6, 6.07) is 17.5. The normalized spacial score (nSPS) is 21.5. The molecule has 1 aromatic carbocycles. The first-order valence-electron chi connectivity index (χ1n) is 12.0. The molecule has 1 atom stereocenters. The van der Waals surface area contributed by atoms with E-state index < -0.39 is 5.54 Å². The van der Waals surface area contributed by atoms with Gasteiger partial charge >= 0.3 is 0 Å². The van der Waals surface area contributed by atoms with Crippen molar-refractivity contribution in [2.45, 2.75) is 70.1 Å². The number of hydrogen-bond acceptors (Lipinski definition) is 3. The first kappa shape index (κ1) is 21.6. The zero-order valence-corrected chi connectivity index (χ0v) is 19.1. The molecule has 6 nitrogen and oxygen atoms in total. The van der Waals surface area contributed by atoms with Crippen LogP contribution < -0.4 is 5.32 Å². The van der Waals surface area contributed by atoms with Crippen LogP contribution in [0.5, 0.6) is 0 Å². The highest BCUT2D eigenvalue weighted by Crippen LogP contribution is 2.34. The van der Waals surface area contributed by atoms with Crippen LogP contribution in [0, 0.1) is 0 Å². The maximum absolute atomic E-state index is 13.8. The third-order valence-corrected chi connectivity index (χ3v) is 7.14. The van der Waals surface area contributed by atoms with Crippen molar-refractivity contribution in [3.63, 3.8) is 0 Å². The molecule has 1 fully saturated rings. The number of nitrogens with one attached hydrogen (secondary N) is 1. The van der Waals surface area contributed by atoms with Crippen molar-refractivity contribution in [3.8, 4) is 11.5 Å². The average Bonchev–Trinajstić information content (AvgIpc) is 3.42. The third kappa shape index (κ3) is 4.10. The number of fused-ring (bicyclic) bond motifs is 1. The number of furan rings is 1. The molecule has 1 saturated carbocycles. The second kappa shape index (κ2) is 8.93. The highest BCUT2D eigenvalue weighted by molar-refractivity contribution is 6.00. The number of carbonyl (C=O) groups excluding carboxylic acids is 2. The van der Waals surface area contributed by atoms with Gasteiger partial charge in [-0.3, -0.25) is 9.59 Å². The smallest absolute Gasteiger partial charge is 0.271 e. The van der Waals surface area contributed by atoms with Crippen molar-refractivity contribution in [2.24, 2.45) is 0 Å². The summed E-state index contributed by atoms with van der Waals surface area (Å²) in [4.78, 5) is 29.3. The highest BCUT2D eigenvalue weighted by Gasteiger charge is 2.48. The van der Waals surface area contributed by atoms with Gasteiger partial charge in [0.05, 0.1) is 18.5 Å². The van der Waals surface area contributed by atoms with Gasteiger partial charge in [0.25, 0.3) is 5.91 Å². The van der Waals surface area contributed by atoms with Crippen LogP contribution in [0.25, 0.3) is 11.5 Å². The monoisotopic (exact) mass is 445 g/mol. The van der Waals surface area contributed by atoms with Crippen molar-refractivity contribution in [2.75, 3.05) is 0 Å². The van der Waals surface area contributed by atoms with E-state index in [0.717, 1.165) is 36.9 Å². The van der Waals surface area contributed by atoms with Gasteiger partial charge < -0.3 is 19.2 Å². The van der Waals surface area contributed by atoms with E-state index in [4.69, 9.17) is 4.42 Å². The number of amides is 2. The molecular weight excluding hydrogens is 414 g/mol. The van der Waals surface area contributed by atoms with E-state index >= 15 is 0 Å². The molecule has 33 heavy (non-hydrogen) atoms. The number of aromatic nitrogens is 1. The van der Waals surface area contributed by atoms with Crippen molar-refractivity contribution in [3.05, 3.63) is 72.1 Å². The Bertz CT molecular complexity index is 1110. The Morgan fingerprint density at radius 3 is 2.42 bits per heavy atom. The molecule has 0 saturated heterocycles. The fourth-order valence-corrected chi connectivity index (χ4v) is 5.19. The Morgan fingerprint density at radius 2 is 1.73 bits per heavy atom. The fourth-order valence-electron chi connectivity index (χ4n) is 5.19. The molecule has 0 spiro atoms. The van der Waals surface area contributed by atoms with Gasteiger partial charge in [-0.05, 0) is 49.6 Å². The Hall–Kier alpha value is -3.28. The number of nitrogens with zero attached hydrogens (tertiary/aromatic N) is 2. The second-order valence-electron chi connectivity index (χ2n) is 9.48. The zero-order valence-electron chi connectivity index (χ0n) is 19.1. The van der Waals surface area contributed by atoms with Gasteiger partial charge in [0.1, 0.15) is 17.0 Å². The topological polar surface area (TPSA) is 67.5 Å². The molecule has 6 heteroatoms. The van der Waals surface area contributed by atoms with Gasteiger partial charge in [0.2, 0.25) is 5.91 Å². The molecule has 3 aromatic rings. The van der Waals surface area contributed by atoms with Gasteiger partial charge in [0, 0.05) is 12.6 Å². The van der Waals surface area contributed by atoms with E-state index in [1.807, 2.05) is 66.1 Å². The molecule has 1 aliphatic carbocycles. The average molecular weight is 446 g/mol. The Kier molecular flexibility index (Phi) is 5.83. The fraction of sp³-hybridized carbons (Fsp3) is 0.407. The van der Waals surface area contributed by atoms with Crippen molar-refractivity contribution >= 4 is 11.8 Å². The lowest BCUT2D eigenvalue weighted by Crippen LogP contribution is -2.64. The Morgan fingerprint density at radius 1 is 1.00 bits per heavy atom. The molecule has 2 aromatic heterocycles. The summed E-state index contributed by atoms with van der Waals surface area (Å²) in [5.74, 6) is 0.474. The highest BCUT2D eigenvalue weighted by atomic mass is 16.3. The van der Waals surface area contributed by atoms with E-state index in [1.165, 1.54) is 12.8 Å². The Balaban J connectivity index is 1.51. The molecule has 2 amide bonds. The molecule has 172 valence electrons. The van der Waals surface area contributed by atoms with Crippen molar-refractivity contribution < 1.29 is 14.0 Å². The van der Waals surface area contributed by atoms with Gasteiger partial charge in [-0.1, -0.05) is 56.0 Å². The van der Waals surface area contributed by atoms with Crippen molar-refractivity contribution in [1.29, 1.82) is 0 Å². The van der Waals surface area contributed by atoms with Gasteiger partial charge in [-0.25, -0.2) is 0 Å². The van der Waals surface area contributed by atoms with Crippen LogP contribution in [0.15, 0.2) is 65.3 Å². The minimum absolute atomic E-state index is 0.0802. The Labute approximate surface area is 194 Å². The van der Waals surface area contributed by atoms with Crippen LogP contribution in [0.1, 0.15) is 61.5 Å². The number of benzene rings is 1. The van der Waals surface area contributed by atoms with Gasteiger partial charge in [0.15, 0.2) is 0 Å². The minimum atomic E-state index is -1.02. The van der Waals surface area contributed by atoms with Crippen LogP contribution in [-0.4, -0.2) is 32.9 Å². The SMILES string of the molecule is C[C@]1(C(=O)NC2CCCCCC2)Cn2c(ccc2-c2ccco2)C(=O)N1Cc1ccccc1. The summed E-state index contributed by atoms with van der Waals surface area (Å²) >= 11 is 0. The van der Waals surface area contributed by atoms with E-state index in [0.29, 0.717) is 24.5 Å². The second-order valence-corrected chi connectivity index (χ2v) is 9.48. The minimum Gasteiger partial charge on any atom is -0.463 e. The summed E-state index contributed by atoms with van der Waals surface area (Å²) < 4.78 is 7.56. The molecular formula is C27H31N3O3. The predicted octanol–water partition coefficient (Wildman–Crippen LogP) is 5.00. The summed E-state index contributed by atoms with van der Waals surface area (Å²) in [5, 5.41) is 3.31. The molecule has 0 bridgehead atoms. The van der Waals surface area contributed by atoms with Gasteiger partial charge in [-0.2, -0.15) is 0 Å². The summed E-state index contributed by atoms with van der Waals surface area (Å²) in [5.41, 5.74) is 1.38. The first-order chi connectivity index (χ1) is 16.1. The predicted molar refractivity (Wildman–Crippen MR) is 126 cm³/mol. The van der Waals surface area contributed by atoms with Crippen LogP contribution in [-0.2, 0) is 17.9 Å². The number of rotatable bonds is 5. The van der Waals surface area contributed by atoms with E-state index in [-0.39, 0.29) is 17.9 Å². The van der Waals surface area contributed by atoms with Crippen LogP contribution >= 0.6 is 0 Å². The largest absolute Gasteiger partial charge is 0.463 e. The maximum atomic E-state index is 13.8. The molecule has 5 rings (SSSR count). The van der Waals surface area contributed by atoms with E-state index in [1.54, 1.807) is 11.2 Å². The quantitative estimate of drug-likeness (QED) is 0.562. The molecule has 3 heterocycles. The number of hydrogen-bond donors (Lipinski definition) is 1. The summed E-state index contributed by atoms with van der Waals surface area (Å²) in [7, 11) is 0. The molecule has 0 radical (unpaired) electrons. The lowest BCUT2D eigenvalue weighted by molar-refractivity contribution is -0.134. The van der Waals surface area contributed by atoms with Crippen molar-refractivity contribution in [1.82, 2.24) is 14.8 Å². The number of carbonyl (C=O) groups is 2. The summed E-state index contributed by atoms with van der Waals surface area (Å²) in [6.45, 7) is 2.66.